The summed E-state index contributed by atoms with van der Waals surface area (Å²) < 4.78 is 0. The average Bonchev–Trinajstić information content (AvgIpc) is 3.20. The molecular formula is C23H35N3O. The summed E-state index contributed by atoms with van der Waals surface area (Å²) in [6, 6.07) is 7.80. The largest absolute Gasteiger partial charge is 0.371 e. The molecule has 0 bridgehead atoms. The second-order valence-corrected chi connectivity index (χ2v) is 8.81. The van der Waals surface area contributed by atoms with Crippen molar-refractivity contribution in [3.63, 3.8) is 0 Å². The monoisotopic (exact) mass is 369 g/mol. The van der Waals surface area contributed by atoms with Crippen molar-refractivity contribution < 1.29 is 4.79 Å². The lowest BCUT2D eigenvalue weighted by atomic mass is 9.81. The SMILES string of the molecule is CNC(=O)C1CCC(CNC2CCN(c3ccc4c(c3)CCC4)CC2)CC1. The Morgan fingerprint density at radius 2 is 1.78 bits per heavy atom. The van der Waals surface area contributed by atoms with Gasteiger partial charge in [-0.15, -0.1) is 0 Å². The van der Waals surface area contributed by atoms with E-state index in [1.165, 1.54) is 63.7 Å². The second kappa shape index (κ2) is 8.64. The number of anilines is 1. The number of amides is 1. The predicted octanol–water partition coefficient (Wildman–Crippen LogP) is 3.29. The minimum absolute atomic E-state index is 0.236. The second-order valence-electron chi connectivity index (χ2n) is 8.81. The van der Waals surface area contributed by atoms with E-state index in [1.807, 2.05) is 0 Å². The third-order valence-electron chi connectivity index (χ3n) is 7.10. The van der Waals surface area contributed by atoms with E-state index in [1.54, 1.807) is 18.2 Å². The van der Waals surface area contributed by atoms with Crippen LogP contribution in [0.25, 0.3) is 0 Å². The summed E-state index contributed by atoms with van der Waals surface area (Å²) in [5.41, 5.74) is 4.59. The Labute approximate surface area is 164 Å². The maximum atomic E-state index is 11.8. The van der Waals surface area contributed by atoms with Gasteiger partial charge in [0, 0.05) is 37.8 Å². The summed E-state index contributed by atoms with van der Waals surface area (Å²) in [5, 5.41) is 6.64. The van der Waals surface area contributed by atoms with Gasteiger partial charge in [-0.05, 0) is 93.5 Å². The van der Waals surface area contributed by atoms with Crippen molar-refractivity contribution in [3.8, 4) is 0 Å². The van der Waals surface area contributed by atoms with E-state index < -0.39 is 0 Å². The Morgan fingerprint density at radius 1 is 1.04 bits per heavy atom. The van der Waals surface area contributed by atoms with Crippen molar-refractivity contribution in [1.29, 1.82) is 0 Å². The number of rotatable bonds is 5. The molecule has 1 saturated heterocycles. The van der Waals surface area contributed by atoms with Gasteiger partial charge in [0.05, 0.1) is 0 Å². The van der Waals surface area contributed by atoms with Gasteiger partial charge in [0.25, 0.3) is 0 Å². The first-order valence-electron chi connectivity index (χ1n) is 11.0. The highest BCUT2D eigenvalue weighted by Crippen LogP contribution is 2.30. The first-order chi connectivity index (χ1) is 13.2. The number of hydrogen-bond acceptors (Lipinski definition) is 3. The number of nitrogens with one attached hydrogen (secondary N) is 2. The molecule has 1 aromatic rings. The molecule has 0 radical (unpaired) electrons. The van der Waals surface area contributed by atoms with Gasteiger partial charge < -0.3 is 15.5 Å². The predicted molar refractivity (Wildman–Crippen MR) is 111 cm³/mol. The summed E-state index contributed by atoms with van der Waals surface area (Å²) in [7, 11) is 1.76. The zero-order chi connectivity index (χ0) is 18.6. The maximum Gasteiger partial charge on any atom is 0.222 e. The zero-order valence-corrected chi connectivity index (χ0v) is 16.8. The number of aryl methyl sites for hydroxylation is 2. The van der Waals surface area contributed by atoms with E-state index in [2.05, 4.69) is 33.7 Å². The fourth-order valence-corrected chi connectivity index (χ4v) is 5.26. The molecule has 2 N–H and O–H groups in total. The van der Waals surface area contributed by atoms with E-state index >= 15 is 0 Å². The number of hydrogen-bond donors (Lipinski definition) is 2. The number of carbonyl (C=O) groups excluding carboxylic acids is 1. The highest BCUT2D eigenvalue weighted by molar-refractivity contribution is 5.78. The molecule has 0 atom stereocenters. The summed E-state index contributed by atoms with van der Waals surface area (Å²) in [6.45, 7) is 3.46. The quantitative estimate of drug-likeness (QED) is 0.837. The van der Waals surface area contributed by atoms with Crippen LogP contribution < -0.4 is 15.5 Å². The normalized spacial score (nSPS) is 26.0. The molecule has 27 heavy (non-hydrogen) atoms. The Hall–Kier alpha value is -1.55. The van der Waals surface area contributed by atoms with Gasteiger partial charge in [-0.3, -0.25) is 4.79 Å². The van der Waals surface area contributed by atoms with Crippen molar-refractivity contribution in [2.24, 2.45) is 11.8 Å². The van der Waals surface area contributed by atoms with Gasteiger partial charge in [-0.25, -0.2) is 0 Å². The molecular weight excluding hydrogens is 334 g/mol. The zero-order valence-electron chi connectivity index (χ0n) is 16.8. The van der Waals surface area contributed by atoms with Gasteiger partial charge in [0.2, 0.25) is 5.91 Å². The summed E-state index contributed by atoms with van der Waals surface area (Å²) >= 11 is 0. The lowest BCUT2D eigenvalue weighted by molar-refractivity contribution is -0.125. The van der Waals surface area contributed by atoms with E-state index in [0.717, 1.165) is 25.3 Å². The molecule has 4 nitrogen and oxygen atoms in total. The number of benzene rings is 1. The lowest BCUT2D eigenvalue weighted by Gasteiger charge is -2.35. The molecule has 3 aliphatic rings. The molecule has 1 aromatic carbocycles. The lowest BCUT2D eigenvalue weighted by Crippen LogP contribution is -2.44. The van der Waals surface area contributed by atoms with Crippen molar-refractivity contribution in [3.05, 3.63) is 29.3 Å². The Bertz CT molecular complexity index is 643. The van der Waals surface area contributed by atoms with Gasteiger partial charge in [-0.1, -0.05) is 6.07 Å². The van der Waals surface area contributed by atoms with Gasteiger partial charge in [0.15, 0.2) is 0 Å². The molecule has 2 fully saturated rings. The first kappa shape index (κ1) is 18.8. The molecule has 1 aliphatic heterocycles. The van der Waals surface area contributed by atoms with Crippen LogP contribution in [0, 0.1) is 11.8 Å². The minimum Gasteiger partial charge on any atom is -0.371 e. The van der Waals surface area contributed by atoms with Crippen LogP contribution in [0.1, 0.15) is 56.1 Å². The van der Waals surface area contributed by atoms with Crippen LogP contribution in [0.3, 0.4) is 0 Å². The third kappa shape index (κ3) is 4.48. The fourth-order valence-electron chi connectivity index (χ4n) is 5.26. The van der Waals surface area contributed by atoms with E-state index in [9.17, 15) is 4.79 Å². The summed E-state index contributed by atoms with van der Waals surface area (Å²) in [5.74, 6) is 1.24. The highest BCUT2D eigenvalue weighted by atomic mass is 16.1. The molecule has 1 amide bonds. The smallest absolute Gasteiger partial charge is 0.222 e. The minimum atomic E-state index is 0.236. The van der Waals surface area contributed by atoms with Crippen molar-refractivity contribution in [2.75, 3.05) is 31.6 Å². The van der Waals surface area contributed by atoms with E-state index in [0.29, 0.717) is 6.04 Å². The molecule has 2 aliphatic carbocycles. The Balaban J connectivity index is 1.19. The first-order valence-corrected chi connectivity index (χ1v) is 11.0. The molecule has 0 aromatic heterocycles. The van der Waals surface area contributed by atoms with Crippen LogP contribution in [0.15, 0.2) is 18.2 Å². The molecule has 4 heteroatoms. The topological polar surface area (TPSA) is 44.4 Å². The molecule has 1 heterocycles. The standard InChI is InChI=1S/C23H35N3O/c1-24-23(27)19-7-5-17(6-8-19)16-25-21-11-13-26(14-12-21)22-10-9-18-3-2-4-20(18)15-22/h9-10,15,17,19,21,25H,2-8,11-14,16H2,1H3,(H,24,27). The van der Waals surface area contributed by atoms with Crippen LogP contribution in [-0.4, -0.2) is 38.6 Å². The Kier molecular flexibility index (Phi) is 6.01. The third-order valence-corrected chi connectivity index (χ3v) is 7.10. The van der Waals surface area contributed by atoms with Crippen LogP contribution in [0.5, 0.6) is 0 Å². The number of nitrogens with zero attached hydrogens (tertiary/aromatic N) is 1. The van der Waals surface area contributed by atoms with Crippen LogP contribution in [-0.2, 0) is 17.6 Å². The molecule has 4 rings (SSSR count). The number of carbonyl (C=O) groups is 1. The van der Waals surface area contributed by atoms with Gasteiger partial charge in [0.1, 0.15) is 0 Å². The number of piperidine rings is 1. The molecule has 148 valence electrons. The van der Waals surface area contributed by atoms with Crippen LogP contribution >= 0.6 is 0 Å². The van der Waals surface area contributed by atoms with E-state index in [4.69, 9.17) is 0 Å². The molecule has 0 unspecified atom stereocenters. The maximum absolute atomic E-state index is 11.8. The summed E-state index contributed by atoms with van der Waals surface area (Å²) in [6.07, 6.45) is 10.9. The fraction of sp³-hybridized carbons (Fsp3) is 0.696. The molecule has 1 saturated carbocycles. The van der Waals surface area contributed by atoms with Crippen LogP contribution in [0.4, 0.5) is 5.69 Å². The van der Waals surface area contributed by atoms with Crippen molar-refractivity contribution >= 4 is 11.6 Å². The molecule has 0 spiro atoms. The van der Waals surface area contributed by atoms with Crippen molar-refractivity contribution in [2.45, 2.75) is 63.8 Å². The van der Waals surface area contributed by atoms with Crippen molar-refractivity contribution in [1.82, 2.24) is 10.6 Å². The van der Waals surface area contributed by atoms with Gasteiger partial charge in [-0.2, -0.15) is 0 Å². The number of fused-ring (bicyclic) bond motifs is 1. The average molecular weight is 370 g/mol. The highest BCUT2D eigenvalue weighted by Gasteiger charge is 2.27. The Morgan fingerprint density at radius 3 is 2.52 bits per heavy atom. The summed E-state index contributed by atoms with van der Waals surface area (Å²) in [4.78, 5) is 14.3. The van der Waals surface area contributed by atoms with E-state index in [-0.39, 0.29) is 11.8 Å². The van der Waals surface area contributed by atoms with Gasteiger partial charge >= 0.3 is 0 Å². The van der Waals surface area contributed by atoms with Crippen LogP contribution in [0.2, 0.25) is 0 Å².